The Hall–Kier alpha value is -4.46. The van der Waals surface area contributed by atoms with Crippen LogP contribution in [0.1, 0.15) is 15.9 Å². The van der Waals surface area contributed by atoms with Crippen LogP contribution in [0.3, 0.4) is 0 Å². The number of alkyl halides is 3. The number of pyridine rings is 1. The van der Waals surface area contributed by atoms with E-state index in [2.05, 4.69) is 15.3 Å². The quantitative estimate of drug-likeness (QED) is 0.341. The summed E-state index contributed by atoms with van der Waals surface area (Å²) in [6.07, 6.45) is -0.0102. The Morgan fingerprint density at radius 2 is 1.68 bits per heavy atom. The van der Waals surface area contributed by atoms with Gasteiger partial charge < -0.3 is 9.88 Å². The number of aromatic nitrogens is 3. The smallest absolute Gasteiger partial charge is 0.320 e. The third kappa shape index (κ3) is 4.13. The van der Waals surface area contributed by atoms with Gasteiger partial charge in [0.2, 0.25) is 0 Å². The number of amides is 1. The van der Waals surface area contributed by atoms with Crippen LogP contribution in [0, 0.1) is 0 Å². The predicted molar refractivity (Wildman–Crippen MR) is 124 cm³/mol. The van der Waals surface area contributed by atoms with Gasteiger partial charge in [-0.15, -0.1) is 0 Å². The van der Waals surface area contributed by atoms with Gasteiger partial charge >= 0.3 is 6.18 Å². The SMILES string of the molecule is O=C(Nc1cc(C(F)(F)F)ccc1-n1ccnc1)c1cc(-c2ccccc2)nc2ccccc12. The van der Waals surface area contributed by atoms with Gasteiger partial charge in [-0.2, -0.15) is 13.2 Å². The molecule has 3 aromatic carbocycles. The highest BCUT2D eigenvalue weighted by Crippen LogP contribution is 2.34. The molecule has 34 heavy (non-hydrogen) atoms. The second-order valence-electron chi connectivity index (χ2n) is 7.59. The van der Waals surface area contributed by atoms with Crippen LogP contribution in [-0.2, 0) is 6.18 Å². The van der Waals surface area contributed by atoms with E-state index in [1.165, 1.54) is 23.2 Å². The molecule has 0 atom stereocenters. The number of para-hydroxylation sites is 1. The van der Waals surface area contributed by atoms with Crippen molar-refractivity contribution in [3.05, 3.63) is 109 Å². The Kier molecular flexibility index (Phi) is 5.33. The zero-order valence-corrected chi connectivity index (χ0v) is 17.6. The average Bonchev–Trinajstić information content (AvgIpc) is 3.38. The summed E-state index contributed by atoms with van der Waals surface area (Å²) < 4.78 is 41.8. The standard InChI is InChI=1S/C26H17F3N4O/c27-26(28,29)18-10-11-24(33-13-12-30-16-33)23(14-18)32-25(34)20-15-22(17-6-2-1-3-7-17)31-21-9-5-4-8-19(20)21/h1-16H,(H,32,34). The lowest BCUT2D eigenvalue weighted by atomic mass is 10.0. The van der Waals surface area contributed by atoms with E-state index in [9.17, 15) is 18.0 Å². The van der Waals surface area contributed by atoms with Gasteiger partial charge in [-0.05, 0) is 30.3 Å². The molecule has 2 aromatic heterocycles. The molecule has 0 bridgehead atoms. The van der Waals surface area contributed by atoms with Crippen LogP contribution in [-0.4, -0.2) is 20.4 Å². The highest BCUT2D eigenvalue weighted by Gasteiger charge is 2.31. The summed E-state index contributed by atoms with van der Waals surface area (Å²) in [5.74, 6) is -0.545. The monoisotopic (exact) mass is 458 g/mol. The molecule has 5 nitrogen and oxygen atoms in total. The Balaban J connectivity index is 1.62. The van der Waals surface area contributed by atoms with Gasteiger partial charge in [0.15, 0.2) is 0 Å². The highest BCUT2D eigenvalue weighted by molar-refractivity contribution is 6.13. The first kappa shape index (κ1) is 21.4. The van der Waals surface area contributed by atoms with Crippen molar-refractivity contribution in [2.75, 3.05) is 5.32 Å². The second-order valence-corrected chi connectivity index (χ2v) is 7.59. The molecule has 5 aromatic rings. The lowest BCUT2D eigenvalue weighted by Crippen LogP contribution is -2.16. The summed E-state index contributed by atoms with van der Waals surface area (Å²) in [6.45, 7) is 0. The number of imidazole rings is 1. The van der Waals surface area contributed by atoms with Crippen molar-refractivity contribution in [3.63, 3.8) is 0 Å². The Morgan fingerprint density at radius 3 is 2.41 bits per heavy atom. The Morgan fingerprint density at radius 1 is 0.912 bits per heavy atom. The van der Waals surface area contributed by atoms with Crippen molar-refractivity contribution in [1.29, 1.82) is 0 Å². The molecule has 0 fully saturated rings. The van der Waals surface area contributed by atoms with E-state index in [4.69, 9.17) is 0 Å². The van der Waals surface area contributed by atoms with Crippen LogP contribution < -0.4 is 5.32 Å². The number of rotatable bonds is 4. The summed E-state index contributed by atoms with van der Waals surface area (Å²) >= 11 is 0. The minimum atomic E-state index is -4.56. The number of hydrogen-bond acceptors (Lipinski definition) is 3. The highest BCUT2D eigenvalue weighted by atomic mass is 19.4. The first-order valence-electron chi connectivity index (χ1n) is 10.4. The molecule has 0 aliphatic carbocycles. The molecule has 0 saturated carbocycles. The number of anilines is 1. The predicted octanol–water partition coefficient (Wildman–Crippen LogP) is 6.36. The molecule has 0 spiro atoms. The van der Waals surface area contributed by atoms with Gasteiger partial charge in [0.1, 0.15) is 0 Å². The Labute approximate surface area is 192 Å². The van der Waals surface area contributed by atoms with Crippen LogP contribution in [0.15, 0.2) is 97.6 Å². The minimum Gasteiger partial charge on any atom is -0.320 e. The lowest BCUT2D eigenvalue weighted by molar-refractivity contribution is -0.137. The fourth-order valence-electron chi connectivity index (χ4n) is 3.75. The van der Waals surface area contributed by atoms with Crippen LogP contribution >= 0.6 is 0 Å². The fourth-order valence-corrected chi connectivity index (χ4v) is 3.75. The number of halogens is 3. The molecule has 1 N–H and O–H groups in total. The van der Waals surface area contributed by atoms with Gasteiger partial charge in [0.05, 0.1) is 40.0 Å². The van der Waals surface area contributed by atoms with E-state index in [1.807, 2.05) is 36.4 Å². The molecule has 2 heterocycles. The maximum absolute atomic E-state index is 13.4. The molecular formula is C26H17F3N4O. The van der Waals surface area contributed by atoms with Crippen LogP contribution in [0.5, 0.6) is 0 Å². The maximum Gasteiger partial charge on any atom is 0.416 e. The second kappa shape index (κ2) is 8.47. The first-order chi connectivity index (χ1) is 16.4. The van der Waals surface area contributed by atoms with Gasteiger partial charge in [-0.3, -0.25) is 4.79 Å². The zero-order chi connectivity index (χ0) is 23.7. The first-order valence-corrected chi connectivity index (χ1v) is 10.4. The van der Waals surface area contributed by atoms with E-state index >= 15 is 0 Å². The van der Waals surface area contributed by atoms with Gasteiger partial charge in [0, 0.05) is 23.3 Å². The molecule has 1 amide bonds. The topological polar surface area (TPSA) is 59.8 Å². The third-order valence-electron chi connectivity index (χ3n) is 5.39. The number of carbonyl (C=O) groups excluding carboxylic acids is 1. The molecule has 0 unspecified atom stereocenters. The largest absolute Gasteiger partial charge is 0.416 e. The van der Waals surface area contributed by atoms with Crippen molar-refractivity contribution in [3.8, 4) is 16.9 Å². The van der Waals surface area contributed by atoms with Crippen LogP contribution in [0.2, 0.25) is 0 Å². The number of hydrogen-bond donors (Lipinski definition) is 1. The molecule has 5 rings (SSSR count). The molecule has 0 aliphatic rings. The van der Waals surface area contributed by atoms with Crippen LogP contribution in [0.25, 0.3) is 27.8 Å². The number of benzene rings is 3. The molecule has 0 saturated heterocycles. The summed E-state index contributed by atoms with van der Waals surface area (Å²) in [4.78, 5) is 22.1. The van der Waals surface area contributed by atoms with E-state index in [1.54, 1.807) is 30.5 Å². The van der Waals surface area contributed by atoms with Crippen LogP contribution in [0.4, 0.5) is 18.9 Å². The van der Waals surface area contributed by atoms with Crippen molar-refractivity contribution < 1.29 is 18.0 Å². The summed E-state index contributed by atoms with van der Waals surface area (Å²) in [7, 11) is 0. The molecule has 168 valence electrons. The van der Waals surface area contributed by atoms with Crippen molar-refractivity contribution in [2.24, 2.45) is 0 Å². The summed E-state index contributed by atoms with van der Waals surface area (Å²) in [6, 6.07) is 21.4. The van der Waals surface area contributed by atoms with Gasteiger partial charge in [-0.25, -0.2) is 9.97 Å². The van der Waals surface area contributed by atoms with Crippen molar-refractivity contribution in [2.45, 2.75) is 6.18 Å². The third-order valence-corrected chi connectivity index (χ3v) is 5.39. The minimum absolute atomic E-state index is 0.0139. The van der Waals surface area contributed by atoms with E-state index < -0.39 is 17.6 Å². The summed E-state index contributed by atoms with van der Waals surface area (Å²) in [5, 5.41) is 3.28. The number of carbonyl (C=O) groups is 1. The lowest BCUT2D eigenvalue weighted by Gasteiger charge is -2.16. The number of nitrogens with zero attached hydrogens (tertiary/aromatic N) is 3. The Bertz CT molecular complexity index is 1480. The molecule has 0 radical (unpaired) electrons. The number of nitrogens with one attached hydrogen (secondary N) is 1. The average molecular weight is 458 g/mol. The summed E-state index contributed by atoms with van der Waals surface area (Å²) in [5.41, 5.74) is 1.83. The van der Waals surface area contributed by atoms with E-state index in [0.717, 1.165) is 17.7 Å². The zero-order valence-electron chi connectivity index (χ0n) is 17.6. The normalized spacial score (nSPS) is 11.5. The van der Waals surface area contributed by atoms with E-state index in [0.29, 0.717) is 27.8 Å². The van der Waals surface area contributed by atoms with Crippen molar-refractivity contribution in [1.82, 2.24) is 14.5 Å². The fraction of sp³-hybridized carbons (Fsp3) is 0.0385. The molecular weight excluding hydrogens is 441 g/mol. The molecule has 8 heteroatoms. The number of fused-ring (bicyclic) bond motifs is 1. The van der Waals surface area contributed by atoms with E-state index in [-0.39, 0.29) is 5.69 Å². The molecule has 0 aliphatic heterocycles. The van der Waals surface area contributed by atoms with Gasteiger partial charge in [-0.1, -0.05) is 48.5 Å². The van der Waals surface area contributed by atoms with Crippen molar-refractivity contribution >= 4 is 22.5 Å². The maximum atomic E-state index is 13.4. The van der Waals surface area contributed by atoms with Gasteiger partial charge in [0.25, 0.3) is 5.91 Å².